The van der Waals surface area contributed by atoms with Gasteiger partial charge in [-0.25, -0.2) is 9.97 Å². The van der Waals surface area contributed by atoms with E-state index in [-0.39, 0.29) is 6.04 Å². The monoisotopic (exact) mass is 186 g/mol. The zero-order chi connectivity index (χ0) is 9.80. The van der Waals surface area contributed by atoms with E-state index in [2.05, 4.69) is 20.0 Å². The number of aliphatic imine (C=N–C) groups is 2. The summed E-state index contributed by atoms with van der Waals surface area (Å²) < 4.78 is 0. The van der Waals surface area contributed by atoms with Gasteiger partial charge in [-0.05, 0) is 13.0 Å². The van der Waals surface area contributed by atoms with Gasteiger partial charge in [0.05, 0.1) is 0 Å². The Balaban J connectivity index is 2.27. The fourth-order valence-electron chi connectivity index (χ4n) is 1.13. The molecule has 0 aromatic carbocycles. The Morgan fingerprint density at radius 1 is 1.21 bits per heavy atom. The second-order valence-electron chi connectivity index (χ2n) is 2.95. The number of rotatable bonds is 1. The molecule has 0 saturated carbocycles. The molecule has 1 atom stereocenters. The van der Waals surface area contributed by atoms with Crippen LogP contribution in [0.25, 0.3) is 0 Å². The van der Waals surface area contributed by atoms with Gasteiger partial charge in [0.25, 0.3) is 0 Å². The van der Waals surface area contributed by atoms with E-state index >= 15 is 0 Å². The van der Waals surface area contributed by atoms with Crippen LogP contribution in [0.2, 0.25) is 0 Å². The van der Waals surface area contributed by atoms with Crippen LogP contribution in [0.4, 0.5) is 0 Å². The molecular formula is C10H10N4. The van der Waals surface area contributed by atoms with Gasteiger partial charge in [0.15, 0.2) is 0 Å². The molecule has 4 heteroatoms. The Bertz CT molecular complexity index is 373. The normalized spacial score (nSPS) is 19.6. The van der Waals surface area contributed by atoms with Gasteiger partial charge in [-0.3, -0.25) is 9.98 Å². The third-order valence-corrected chi connectivity index (χ3v) is 1.87. The molecule has 0 fully saturated rings. The number of nitrogens with zero attached hydrogens (tertiary/aromatic N) is 4. The molecule has 0 amide bonds. The highest BCUT2D eigenvalue weighted by atomic mass is 14.9. The van der Waals surface area contributed by atoms with E-state index in [1.54, 1.807) is 37.1 Å². The molecule has 0 saturated heterocycles. The fraction of sp³-hybridized carbons (Fsp3) is 0.200. The molecule has 1 unspecified atom stereocenters. The van der Waals surface area contributed by atoms with Crippen LogP contribution in [0, 0.1) is 6.92 Å². The highest BCUT2D eigenvalue weighted by Gasteiger charge is 2.07. The van der Waals surface area contributed by atoms with Crippen LogP contribution in [0.1, 0.15) is 17.4 Å². The Morgan fingerprint density at radius 3 is 2.79 bits per heavy atom. The van der Waals surface area contributed by atoms with Crippen molar-refractivity contribution in [3.05, 3.63) is 36.1 Å². The number of allylic oxidation sites excluding steroid dienone is 1. The van der Waals surface area contributed by atoms with E-state index in [0.717, 1.165) is 11.4 Å². The number of aromatic nitrogens is 2. The molecule has 0 aliphatic carbocycles. The lowest BCUT2D eigenvalue weighted by Gasteiger charge is -2.04. The molecule has 0 bridgehead atoms. The number of hydrogen-bond acceptors (Lipinski definition) is 4. The molecule has 1 aromatic heterocycles. The van der Waals surface area contributed by atoms with Crippen LogP contribution in [0.5, 0.6) is 0 Å². The van der Waals surface area contributed by atoms with Crippen molar-refractivity contribution < 1.29 is 0 Å². The van der Waals surface area contributed by atoms with Gasteiger partial charge in [-0.1, -0.05) is 0 Å². The number of hydrogen-bond donors (Lipinski definition) is 0. The smallest absolute Gasteiger partial charge is 0.125 e. The van der Waals surface area contributed by atoms with Crippen molar-refractivity contribution in [2.45, 2.75) is 13.0 Å². The summed E-state index contributed by atoms with van der Waals surface area (Å²) in [6.45, 7) is 1.86. The first-order chi connectivity index (χ1) is 6.86. The summed E-state index contributed by atoms with van der Waals surface area (Å²) >= 11 is 0. The fourth-order valence-corrected chi connectivity index (χ4v) is 1.13. The van der Waals surface area contributed by atoms with E-state index in [0.29, 0.717) is 0 Å². The Labute approximate surface area is 82.2 Å². The molecule has 0 spiro atoms. The van der Waals surface area contributed by atoms with Gasteiger partial charge >= 0.3 is 0 Å². The Kier molecular flexibility index (Phi) is 2.44. The largest absolute Gasteiger partial charge is 0.279 e. The summed E-state index contributed by atoms with van der Waals surface area (Å²) in [5.74, 6) is 0.765. The van der Waals surface area contributed by atoms with E-state index in [9.17, 15) is 0 Å². The average molecular weight is 186 g/mol. The van der Waals surface area contributed by atoms with E-state index in [4.69, 9.17) is 0 Å². The Hall–Kier alpha value is -1.84. The Morgan fingerprint density at radius 2 is 2.00 bits per heavy atom. The van der Waals surface area contributed by atoms with Crippen LogP contribution in [0.15, 0.2) is 34.7 Å². The lowest BCUT2D eigenvalue weighted by atomic mass is 10.2. The zero-order valence-corrected chi connectivity index (χ0v) is 7.83. The summed E-state index contributed by atoms with van der Waals surface area (Å²) in [6, 6.07) is -0.0643. The highest BCUT2D eigenvalue weighted by molar-refractivity contribution is 5.78. The first-order valence-electron chi connectivity index (χ1n) is 4.36. The first kappa shape index (κ1) is 8.74. The topological polar surface area (TPSA) is 50.5 Å². The zero-order valence-electron chi connectivity index (χ0n) is 7.83. The molecule has 70 valence electrons. The lowest BCUT2D eigenvalue weighted by molar-refractivity contribution is 0.929. The van der Waals surface area contributed by atoms with Crippen molar-refractivity contribution in [2.75, 3.05) is 0 Å². The molecule has 0 N–H and O–H groups in total. The minimum absolute atomic E-state index is 0.0643. The van der Waals surface area contributed by atoms with Crippen molar-refractivity contribution in [1.82, 2.24) is 9.97 Å². The molecule has 2 heterocycles. The molecule has 1 aliphatic rings. The second-order valence-corrected chi connectivity index (χ2v) is 2.95. The van der Waals surface area contributed by atoms with Crippen molar-refractivity contribution in [1.29, 1.82) is 0 Å². The molecule has 2 rings (SSSR count). The quantitative estimate of drug-likeness (QED) is 0.667. The first-order valence-corrected chi connectivity index (χ1v) is 4.36. The third-order valence-electron chi connectivity index (χ3n) is 1.87. The van der Waals surface area contributed by atoms with Crippen LogP contribution < -0.4 is 0 Å². The predicted octanol–water partition coefficient (Wildman–Crippen LogP) is 1.50. The van der Waals surface area contributed by atoms with Crippen LogP contribution >= 0.6 is 0 Å². The summed E-state index contributed by atoms with van der Waals surface area (Å²) in [7, 11) is 0. The van der Waals surface area contributed by atoms with Gasteiger partial charge in [0.1, 0.15) is 11.9 Å². The SMILES string of the molecule is Cc1ncc(C2C=NC=CC=N2)cn1. The average Bonchev–Trinajstić information content (AvgIpc) is 2.47. The van der Waals surface area contributed by atoms with Gasteiger partial charge in [-0.2, -0.15) is 0 Å². The lowest BCUT2D eigenvalue weighted by Crippen LogP contribution is -1.99. The standard InChI is InChI=1S/C10H10N4/c1-8-13-5-9(6-14-8)10-7-11-3-2-4-12-10/h2-7,10H,1H3. The van der Waals surface area contributed by atoms with Crippen LogP contribution in [-0.2, 0) is 0 Å². The summed E-state index contributed by atoms with van der Waals surface area (Å²) in [4.78, 5) is 16.6. The highest BCUT2D eigenvalue weighted by Crippen LogP contribution is 2.13. The molecular weight excluding hydrogens is 176 g/mol. The van der Waals surface area contributed by atoms with Crippen molar-refractivity contribution in [3.8, 4) is 0 Å². The summed E-state index contributed by atoms with van der Waals surface area (Å²) in [5, 5.41) is 0. The molecule has 0 radical (unpaired) electrons. The van der Waals surface area contributed by atoms with Crippen molar-refractivity contribution in [2.24, 2.45) is 9.98 Å². The summed E-state index contributed by atoms with van der Waals surface area (Å²) in [6.07, 6.45) is 10.6. The maximum Gasteiger partial charge on any atom is 0.125 e. The van der Waals surface area contributed by atoms with Crippen molar-refractivity contribution in [3.63, 3.8) is 0 Å². The molecule has 4 nitrogen and oxygen atoms in total. The van der Waals surface area contributed by atoms with E-state index in [1.165, 1.54) is 0 Å². The van der Waals surface area contributed by atoms with Gasteiger partial charge in [0.2, 0.25) is 0 Å². The maximum absolute atomic E-state index is 4.28. The minimum Gasteiger partial charge on any atom is -0.279 e. The third kappa shape index (κ3) is 1.90. The van der Waals surface area contributed by atoms with Crippen LogP contribution in [0.3, 0.4) is 0 Å². The van der Waals surface area contributed by atoms with E-state index in [1.807, 2.05) is 6.92 Å². The predicted molar refractivity (Wildman–Crippen MR) is 55.6 cm³/mol. The molecule has 1 aromatic rings. The van der Waals surface area contributed by atoms with Crippen molar-refractivity contribution >= 4 is 12.4 Å². The molecule has 14 heavy (non-hydrogen) atoms. The van der Waals surface area contributed by atoms with Crippen LogP contribution in [-0.4, -0.2) is 22.4 Å². The van der Waals surface area contributed by atoms with Gasteiger partial charge in [0, 0.05) is 36.6 Å². The van der Waals surface area contributed by atoms with Gasteiger partial charge in [-0.15, -0.1) is 0 Å². The number of aryl methyl sites for hydroxylation is 1. The second kappa shape index (κ2) is 3.91. The summed E-state index contributed by atoms with van der Waals surface area (Å²) in [5.41, 5.74) is 0.958. The maximum atomic E-state index is 4.28. The van der Waals surface area contributed by atoms with Gasteiger partial charge < -0.3 is 0 Å². The minimum atomic E-state index is -0.0643. The van der Waals surface area contributed by atoms with E-state index < -0.39 is 0 Å². The molecule has 1 aliphatic heterocycles.